The van der Waals surface area contributed by atoms with Gasteiger partial charge in [0.15, 0.2) is 0 Å². The van der Waals surface area contributed by atoms with Gasteiger partial charge in [-0.15, -0.1) is 0 Å². The summed E-state index contributed by atoms with van der Waals surface area (Å²) in [5.41, 5.74) is 5.75. The number of carbonyl (C=O) groups excluding carboxylic acids is 1. The largest absolute Gasteiger partial charge is 0.507 e. The predicted molar refractivity (Wildman–Crippen MR) is 67.2 cm³/mol. The number of hydrogen-bond acceptors (Lipinski definition) is 3. The van der Waals surface area contributed by atoms with Gasteiger partial charge in [0.2, 0.25) is 5.91 Å². The summed E-state index contributed by atoms with van der Waals surface area (Å²) in [6.45, 7) is 0. The van der Waals surface area contributed by atoms with Gasteiger partial charge < -0.3 is 10.8 Å². The molecule has 0 aromatic heterocycles. The highest BCUT2D eigenvalue weighted by atomic mass is 32.2. The molecule has 0 heterocycles. The number of rotatable bonds is 3. The Hall–Kier alpha value is -1.94. The van der Waals surface area contributed by atoms with Gasteiger partial charge in [-0.3, -0.25) is 4.79 Å². The molecule has 0 atom stereocenters. The smallest absolute Gasteiger partial charge is 0.249 e. The Kier molecular flexibility index (Phi) is 3.35. The van der Waals surface area contributed by atoms with Gasteiger partial charge in [-0.1, -0.05) is 36.0 Å². The van der Waals surface area contributed by atoms with Crippen LogP contribution in [-0.4, -0.2) is 11.0 Å². The first kappa shape index (κ1) is 11.5. The lowest BCUT2D eigenvalue weighted by atomic mass is 10.2. The molecule has 0 saturated heterocycles. The van der Waals surface area contributed by atoms with E-state index in [-0.39, 0.29) is 5.75 Å². The molecule has 2 aromatic carbocycles. The molecule has 4 heteroatoms. The maximum absolute atomic E-state index is 11.2. The van der Waals surface area contributed by atoms with Crippen molar-refractivity contribution in [3.63, 3.8) is 0 Å². The SMILES string of the molecule is NC(=O)c1ccccc1Sc1ccccc1O. The van der Waals surface area contributed by atoms with Crippen LogP contribution in [0.4, 0.5) is 0 Å². The van der Waals surface area contributed by atoms with E-state index in [9.17, 15) is 9.90 Å². The van der Waals surface area contributed by atoms with E-state index in [1.165, 1.54) is 11.8 Å². The number of primary amides is 1. The fourth-order valence-corrected chi connectivity index (χ4v) is 2.40. The minimum absolute atomic E-state index is 0.191. The van der Waals surface area contributed by atoms with Gasteiger partial charge in [0.1, 0.15) is 5.75 Å². The number of benzene rings is 2. The molecule has 0 fully saturated rings. The highest BCUT2D eigenvalue weighted by Gasteiger charge is 2.10. The number of hydrogen-bond donors (Lipinski definition) is 2. The van der Waals surface area contributed by atoms with Crippen LogP contribution in [0.2, 0.25) is 0 Å². The first-order chi connectivity index (χ1) is 8.18. The maximum Gasteiger partial charge on any atom is 0.249 e. The third-order valence-electron chi connectivity index (χ3n) is 2.24. The van der Waals surface area contributed by atoms with Crippen LogP contribution in [0.3, 0.4) is 0 Å². The summed E-state index contributed by atoms with van der Waals surface area (Å²) >= 11 is 1.32. The fraction of sp³-hybridized carbons (Fsp3) is 0. The molecule has 0 unspecified atom stereocenters. The topological polar surface area (TPSA) is 63.3 Å². The number of nitrogens with two attached hydrogens (primary N) is 1. The van der Waals surface area contributed by atoms with Crippen LogP contribution in [-0.2, 0) is 0 Å². The van der Waals surface area contributed by atoms with Crippen molar-refractivity contribution in [2.45, 2.75) is 9.79 Å². The Morgan fingerprint density at radius 1 is 1.00 bits per heavy atom. The molecule has 0 bridgehead atoms. The van der Waals surface area contributed by atoms with Crippen molar-refractivity contribution in [2.24, 2.45) is 5.73 Å². The number of phenols is 1. The zero-order valence-electron chi connectivity index (χ0n) is 8.96. The summed E-state index contributed by atoms with van der Waals surface area (Å²) in [7, 11) is 0. The second kappa shape index (κ2) is 4.93. The van der Waals surface area contributed by atoms with Crippen molar-refractivity contribution in [3.8, 4) is 5.75 Å². The number of amides is 1. The van der Waals surface area contributed by atoms with Gasteiger partial charge in [0, 0.05) is 4.90 Å². The molecule has 0 aliphatic carbocycles. The molecule has 0 saturated carbocycles. The van der Waals surface area contributed by atoms with Crippen LogP contribution in [0.1, 0.15) is 10.4 Å². The van der Waals surface area contributed by atoms with Crippen LogP contribution in [0.25, 0.3) is 0 Å². The average Bonchev–Trinajstić information content (AvgIpc) is 2.32. The Balaban J connectivity index is 2.37. The summed E-state index contributed by atoms with van der Waals surface area (Å²) in [6.07, 6.45) is 0. The third-order valence-corrected chi connectivity index (χ3v) is 3.38. The average molecular weight is 245 g/mol. The first-order valence-electron chi connectivity index (χ1n) is 5.03. The molecule has 0 aliphatic rings. The van der Waals surface area contributed by atoms with E-state index >= 15 is 0 Å². The highest BCUT2D eigenvalue weighted by Crippen LogP contribution is 2.35. The van der Waals surface area contributed by atoms with Gasteiger partial charge >= 0.3 is 0 Å². The number of carbonyl (C=O) groups is 1. The van der Waals surface area contributed by atoms with Crippen LogP contribution in [0.5, 0.6) is 5.75 Å². The van der Waals surface area contributed by atoms with Crippen molar-refractivity contribution < 1.29 is 9.90 Å². The Morgan fingerprint density at radius 2 is 1.59 bits per heavy atom. The molecular weight excluding hydrogens is 234 g/mol. The summed E-state index contributed by atoms with van der Waals surface area (Å²) in [4.78, 5) is 12.7. The second-order valence-electron chi connectivity index (χ2n) is 3.43. The minimum Gasteiger partial charge on any atom is -0.507 e. The lowest BCUT2D eigenvalue weighted by molar-refractivity contribution is 0.0997. The fourth-order valence-electron chi connectivity index (χ4n) is 1.42. The highest BCUT2D eigenvalue weighted by molar-refractivity contribution is 7.99. The van der Waals surface area contributed by atoms with Crippen LogP contribution in [0.15, 0.2) is 58.3 Å². The molecular formula is C13H11NO2S. The molecule has 3 N–H and O–H groups in total. The molecule has 2 rings (SSSR count). The molecule has 17 heavy (non-hydrogen) atoms. The van der Waals surface area contributed by atoms with Gasteiger partial charge in [0.25, 0.3) is 0 Å². The zero-order valence-corrected chi connectivity index (χ0v) is 9.78. The molecule has 86 valence electrons. The van der Waals surface area contributed by atoms with E-state index in [1.807, 2.05) is 12.1 Å². The zero-order chi connectivity index (χ0) is 12.3. The quantitative estimate of drug-likeness (QED) is 0.873. The van der Waals surface area contributed by atoms with E-state index in [4.69, 9.17) is 5.73 Å². The minimum atomic E-state index is -0.469. The molecule has 1 amide bonds. The summed E-state index contributed by atoms with van der Waals surface area (Å²) in [5.74, 6) is -0.278. The number of phenolic OH excluding ortho intramolecular Hbond substituents is 1. The summed E-state index contributed by atoms with van der Waals surface area (Å²) < 4.78 is 0. The van der Waals surface area contributed by atoms with Crippen molar-refractivity contribution >= 4 is 17.7 Å². The Bertz CT molecular complexity index is 555. The third kappa shape index (κ3) is 2.60. The van der Waals surface area contributed by atoms with Crippen molar-refractivity contribution in [1.82, 2.24) is 0 Å². The van der Waals surface area contributed by atoms with Gasteiger partial charge in [0.05, 0.1) is 10.5 Å². The lowest BCUT2D eigenvalue weighted by Gasteiger charge is -2.07. The normalized spacial score (nSPS) is 10.1. The van der Waals surface area contributed by atoms with Crippen molar-refractivity contribution in [1.29, 1.82) is 0 Å². The Morgan fingerprint density at radius 3 is 2.24 bits per heavy atom. The van der Waals surface area contributed by atoms with E-state index in [0.29, 0.717) is 10.5 Å². The Labute approximate surface area is 103 Å². The molecule has 2 aromatic rings. The lowest BCUT2D eigenvalue weighted by Crippen LogP contribution is -2.11. The van der Waals surface area contributed by atoms with Crippen molar-refractivity contribution in [3.05, 3.63) is 54.1 Å². The first-order valence-corrected chi connectivity index (χ1v) is 5.85. The van der Waals surface area contributed by atoms with Crippen LogP contribution in [0, 0.1) is 0 Å². The maximum atomic E-state index is 11.2. The molecule has 0 spiro atoms. The van der Waals surface area contributed by atoms with Crippen molar-refractivity contribution in [2.75, 3.05) is 0 Å². The molecule has 3 nitrogen and oxygen atoms in total. The van der Waals surface area contributed by atoms with Crippen LogP contribution < -0.4 is 5.73 Å². The van der Waals surface area contributed by atoms with Gasteiger partial charge in [-0.05, 0) is 24.3 Å². The predicted octanol–water partition coefficient (Wildman–Crippen LogP) is 2.64. The summed E-state index contributed by atoms with van der Waals surface area (Å²) in [5, 5.41) is 9.66. The standard InChI is InChI=1S/C13H11NO2S/c14-13(16)9-5-1-3-7-11(9)17-12-8-4-2-6-10(12)15/h1-8,15H,(H2,14,16). The van der Waals surface area contributed by atoms with Gasteiger partial charge in [-0.2, -0.15) is 0 Å². The van der Waals surface area contributed by atoms with Crippen LogP contribution >= 0.6 is 11.8 Å². The van der Waals surface area contributed by atoms with E-state index in [0.717, 1.165) is 4.90 Å². The monoisotopic (exact) mass is 245 g/mol. The van der Waals surface area contributed by atoms with E-state index < -0.39 is 5.91 Å². The molecule has 0 radical (unpaired) electrons. The number of aromatic hydroxyl groups is 1. The van der Waals surface area contributed by atoms with E-state index in [1.54, 1.807) is 36.4 Å². The second-order valence-corrected chi connectivity index (χ2v) is 4.51. The molecule has 0 aliphatic heterocycles. The van der Waals surface area contributed by atoms with E-state index in [2.05, 4.69) is 0 Å². The summed E-state index contributed by atoms with van der Waals surface area (Å²) in [6, 6.07) is 14.0. The number of para-hydroxylation sites is 1. The van der Waals surface area contributed by atoms with Gasteiger partial charge in [-0.25, -0.2) is 0 Å².